The first-order chi connectivity index (χ1) is 9.70. The molecule has 20 heavy (non-hydrogen) atoms. The minimum absolute atomic E-state index is 0.555. The van der Waals surface area contributed by atoms with Gasteiger partial charge in [0.05, 0.1) is 17.7 Å². The third kappa shape index (κ3) is 4.35. The average Bonchev–Trinajstić information content (AvgIpc) is 2.46. The Balaban J connectivity index is 1.96. The van der Waals surface area contributed by atoms with Crippen LogP contribution in [0.15, 0.2) is 18.2 Å². The number of aliphatic hydroxyl groups excluding tert-OH is 1. The van der Waals surface area contributed by atoms with Crippen molar-refractivity contribution < 1.29 is 9.84 Å². The van der Waals surface area contributed by atoms with Gasteiger partial charge in [-0.2, -0.15) is 0 Å². The summed E-state index contributed by atoms with van der Waals surface area (Å²) in [5, 5.41) is 14.2. The van der Waals surface area contributed by atoms with Crippen molar-refractivity contribution in [1.82, 2.24) is 10.2 Å². The zero-order chi connectivity index (χ0) is 14.4. The lowest BCUT2D eigenvalue weighted by Gasteiger charge is -2.29. The van der Waals surface area contributed by atoms with E-state index < -0.39 is 6.10 Å². The Morgan fingerprint density at radius 3 is 2.80 bits per heavy atom. The van der Waals surface area contributed by atoms with Crippen LogP contribution in [0.5, 0.6) is 5.75 Å². The van der Waals surface area contributed by atoms with Gasteiger partial charge in [0.1, 0.15) is 5.75 Å². The molecule has 2 rings (SSSR count). The molecular weight excluding hydrogens is 276 g/mol. The topological polar surface area (TPSA) is 44.7 Å². The summed E-state index contributed by atoms with van der Waals surface area (Å²) in [6.07, 6.45) is 0.408. The van der Waals surface area contributed by atoms with Crippen LogP contribution in [0.1, 0.15) is 25.0 Å². The summed E-state index contributed by atoms with van der Waals surface area (Å²) in [7, 11) is 0. The van der Waals surface area contributed by atoms with Gasteiger partial charge < -0.3 is 15.2 Å². The summed E-state index contributed by atoms with van der Waals surface area (Å²) >= 11 is 6.25. The highest BCUT2D eigenvalue weighted by Crippen LogP contribution is 2.28. The van der Waals surface area contributed by atoms with E-state index in [-0.39, 0.29) is 0 Å². The van der Waals surface area contributed by atoms with Gasteiger partial charge >= 0.3 is 0 Å². The Labute approximate surface area is 125 Å². The van der Waals surface area contributed by atoms with E-state index in [0.717, 1.165) is 43.9 Å². The highest BCUT2D eigenvalue weighted by molar-refractivity contribution is 6.31. The molecule has 0 radical (unpaired) electrons. The second kappa shape index (κ2) is 7.84. The predicted octanol–water partition coefficient (Wildman–Crippen LogP) is 2.07. The largest absolute Gasteiger partial charge is 0.494 e. The van der Waals surface area contributed by atoms with Crippen LogP contribution in [0.3, 0.4) is 0 Å². The molecule has 1 atom stereocenters. The molecule has 112 valence electrons. The van der Waals surface area contributed by atoms with Gasteiger partial charge in [0, 0.05) is 38.3 Å². The SMILES string of the molecule is CCCOc1ccc(C(O)CN2CCNCC2)c(Cl)c1. The molecule has 0 bridgehead atoms. The highest BCUT2D eigenvalue weighted by Gasteiger charge is 2.18. The lowest BCUT2D eigenvalue weighted by Crippen LogP contribution is -2.44. The van der Waals surface area contributed by atoms with Crippen molar-refractivity contribution in [3.8, 4) is 5.75 Å². The van der Waals surface area contributed by atoms with E-state index in [0.29, 0.717) is 18.2 Å². The fourth-order valence-electron chi connectivity index (χ4n) is 2.32. The molecule has 1 fully saturated rings. The van der Waals surface area contributed by atoms with Gasteiger partial charge in [-0.25, -0.2) is 0 Å². The van der Waals surface area contributed by atoms with Crippen LogP contribution < -0.4 is 10.1 Å². The molecule has 1 aromatic carbocycles. The van der Waals surface area contributed by atoms with Crippen molar-refractivity contribution >= 4 is 11.6 Å². The highest BCUT2D eigenvalue weighted by atomic mass is 35.5. The lowest BCUT2D eigenvalue weighted by molar-refractivity contribution is 0.105. The minimum Gasteiger partial charge on any atom is -0.494 e. The molecule has 1 heterocycles. The molecule has 0 saturated carbocycles. The first-order valence-electron chi connectivity index (χ1n) is 7.24. The summed E-state index contributed by atoms with van der Waals surface area (Å²) < 4.78 is 5.54. The van der Waals surface area contributed by atoms with Crippen molar-refractivity contribution in [3.05, 3.63) is 28.8 Å². The molecule has 0 amide bonds. The van der Waals surface area contributed by atoms with E-state index in [4.69, 9.17) is 16.3 Å². The van der Waals surface area contributed by atoms with Gasteiger partial charge in [0.2, 0.25) is 0 Å². The van der Waals surface area contributed by atoms with Crippen LogP contribution in [0, 0.1) is 0 Å². The number of ether oxygens (including phenoxy) is 1. The maximum absolute atomic E-state index is 10.3. The summed E-state index contributed by atoms with van der Waals surface area (Å²) in [6, 6.07) is 5.52. The first kappa shape index (κ1) is 15.6. The molecule has 4 nitrogen and oxygen atoms in total. The zero-order valence-corrected chi connectivity index (χ0v) is 12.7. The monoisotopic (exact) mass is 298 g/mol. The maximum Gasteiger partial charge on any atom is 0.120 e. The predicted molar refractivity (Wildman–Crippen MR) is 81.5 cm³/mol. The van der Waals surface area contributed by atoms with Gasteiger partial charge in [-0.15, -0.1) is 0 Å². The van der Waals surface area contributed by atoms with Crippen molar-refractivity contribution in [3.63, 3.8) is 0 Å². The third-order valence-corrected chi connectivity index (χ3v) is 3.77. The Morgan fingerprint density at radius 1 is 1.40 bits per heavy atom. The quantitative estimate of drug-likeness (QED) is 0.844. The number of hydrogen-bond donors (Lipinski definition) is 2. The van der Waals surface area contributed by atoms with Gasteiger partial charge in [0.25, 0.3) is 0 Å². The number of benzene rings is 1. The summed E-state index contributed by atoms with van der Waals surface area (Å²) in [5.74, 6) is 0.759. The van der Waals surface area contributed by atoms with Gasteiger partial charge in [-0.3, -0.25) is 4.90 Å². The van der Waals surface area contributed by atoms with Crippen LogP contribution in [0.2, 0.25) is 5.02 Å². The molecule has 1 aliphatic heterocycles. The Morgan fingerprint density at radius 2 is 2.15 bits per heavy atom. The Kier molecular flexibility index (Phi) is 6.10. The molecule has 1 aromatic rings. The molecule has 2 N–H and O–H groups in total. The summed E-state index contributed by atoms with van der Waals surface area (Å²) in [4.78, 5) is 2.25. The molecular formula is C15H23ClN2O2. The van der Waals surface area contributed by atoms with Crippen molar-refractivity contribution in [2.45, 2.75) is 19.4 Å². The number of β-amino-alcohol motifs (C(OH)–C–C–N with tert-alkyl or cyclic N) is 1. The number of halogens is 1. The zero-order valence-electron chi connectivity index (χ0n) is 11.9. The second-order valence-electron chi connectivity index (χ2n) is 5.10. The van der Waals surface area contributed by atoms with Crippen LogP contribution in [-0.2, 0) is 0 Å². The van der Waals surface area contributed by atoms with Crippen molar-refractivity contribution in [2.75, 3.05) is 39.3 Å². The number of hydrogen-bond acceptors (Lipinski definition) is 4. The van der Waals surface area contributed by atoms with Crippen molar-refractivity contribution in [1.29, 1.82) is 0 Å². The van der Waals surface area contributed by atoms with E-state index >= 15 is 0 Å². The number of piperazine rings is 1. The first-order valence-corrected chi connectivity index (χ1v) is 7.62. The van der Waals surface area contributed by atoms with E-state index in [2.05, 4.69) is 17.1 Å². The van der Waals surface area contributed by atoms with Gasteiger partial charge in [0.15, 0.2) is 0 Å². The van der Waals surface area contributed by atoms with Crippen LogP contribution in [-0.4, -0.2) is 49.3 Å². The molecule has 5 heteroatoms. The minimum atomic E-state index is -0.555. The second-order valence-corrected chi connectivity index (χ2v) is 5.51. The molecule has 1 saturated heterocycles. The summed E-state index contributed by atoms with van der Waals surface area (Å²) in [5.41, 5.74) is 0.772. The van der Waals surface area contributed by atoms with E-state index in [1.54, 1.807) is 6.07 Å². The maximum atomic E-state index is 10.3. The molecule has 0 aliphatic carbocycles. The number of nitrogens with one attached hydrogen (secondary N) is 1. The normalized spacial score (nSPS) is 17.9. The fourth-order valence-corrected chi connectivity index (χ4v) is 2.62. The van der Waals surface area contributed by atoms with Crippen LogP contribution >= 0.6 is 11.6 Å². The average molecular weight is 299 g/mol. The van der Waals surface area contributed by atoms with Crippen LogP contribution in [0.25, 0.3) is 0 Å². The lowest BCUT2D eigenvalue weighted by atomic mass is 10.1. The van der Waals surface area contributed by atoms with E-state index in [9.17, 15) is 5.11 Å². The fraction of sp³-hybridized carbons (Fsp3) is 0.600. The van der Waals surface area contributed by atoms with Gasteiger partial charge in [-0.05, 0) is 18.6 Å². The van der Waals surface area contributed by atoms with Gasteiger partial charge in [-0.1, -0.05) is 24.6 Å². The number of aliphatic hydroxyl groups is 1. The third-order valence-electron chi connectivity index (χ3n) is 3.44. The molecule has 1 unspecified atom stereocenters. The Bertz CT molecular complexity index is 422. The van der Waals surface area contributed by atoms with E-state index in [1.165, 1.54) is 0 Å². The molecule has 1 aliphatic rings. The molecule has 0 aromatic heterocycles. The Hall–Kier alpha value is -0.810. The number of rotatable bonds is 6. The van der Waals surface area contributed by atoms with Crippen molar-refractivity contribution in [2.24, 2.45) is 0 Å². The number of nitrogens with zero attached hydrogens (tertiary/aromatic N) is 1. The van der Waals surface area contributed by atoms with Crippen LogP contribution in [0.4, 0.5) is 0 Å². The standard InChI is InChI=1S/C15H23ClN2O2/c1-2-9-20-12-3-4-13(14(16)10-12)15(19)11-18-7-5-17-6-8-18/h3-4,10,15,17,19H,2,5-9,11H2,1H3. The summed E-state index contributed by atoms with van der Waals surface area (Å²) in [6.45, 7) is 7.25. The van der Waals surface area contributed by atoms with E-state index in [1.807, 2.05) is 12.1 Å². The smallest absolute Gasteiger partial charge is 0.120 e. The molecule has 0 spiro atoms.